The number of aromatic nitrogens is 2. The second-order valence-corrected chi connectivity index (χ2v) is 5.49. The molecule has 7 heteroatoms. The molecule has 0 spiro atoms. The second-order valence-electron chi connectivity index (χ2n) is 5.49. The van der Waals surface area contributed by atoms with Gasteiger partial charge in [0.1, 0.15) is 0 Å². The summed E-state index contributed by atoms with van der Waals surface area (Å²) in [6.45, 7) is 4.08. The number of aliphatic hydroxyl groups is 1. The van der Waals surface area contributed by atoms with E-state index < -0.39 is 6.10 Å². The molecule has 2 rings (SSSR count). The molecule has 0 bridgehead atoms. The maximum absolute atomic E-state index is 11.9. The van der Waals surface area contributed by atoms with Crippen molar-refractivity contribution in [1.82, 2.24) is 20.8 Å². The first-order valence-corrected chi connectivity index (χ1v) is 7.58. The van der Waals surface area contributed by atoms with E-state index in [4.69, 9.17) is 4.52 Å². The monoisotopic (exact) mass is 318 g/mol. The predicted octanol–water partition coefficient (Wildman–Crippen LogP) is 1.73. The molecule has 0 fully saturated rings. The minimum atomic E-state index is -0.438. The van der Waals surface area contributed by atoms with Gasteiger partial charge in [-0.1, -0.05) is 35.5 Å². The SMILES string of the molecule is Cc1nc(CNC(=O)NCC(CC(C)O)c2ccccc2)no1. The number of carbonyl (C=O) groups excluding carboxylic acids is 1. The molecular weight excluding hydrogens is 296 g/mol. The van der Waals surface area contributed by atoms with Crippen LogP contribution in [0.3, 0.4) is 0 Å². The van der Waals surface area contributed by atoms with E-state index in [-0.39, 0.29) is 18.5 Å². The van der Waals surface area contributed by atoms with Crippen molar-refractivity contribution in [3.63, 3.8) is 0 Å². The van der Waals surface area contributed by atoms with Gasteiger partial charge < -0.3 is 20.3 Å². The van der Waals surface area contributed by atoms with Crippen LogP contribution in [0.4, 0.5) is 4.79 Å². The Kier molecular flexibility index (Phi) is 6.10. The van der Waals surface area contributed by atoms with Gasteiger partial charge in [-0.05, 0) is 18.9 Å². The molecule has 1 aromatic carbocycles. The van der Waals surface area contributed by atoms with Gasteiger partial charge in [0.05, 0.1) is 12.6 Å². The van der Waals surface area contributed by atoms with Crippen LogP contribution in [-0.2, 0) is 6.54 Å². The largest absolute Gasteiger partial charge is 0.393 e. The first-order chi connectivity index (χ1) is 11.0. The lowest BCUT2D eigenvalue weighted by molar-refractivity contribution is 0.173. The molecule has 0 aliphatic carbocycles. The van der Waals surface area contributed by atoms with Crippen LogP contribution in [-0.4, -0.2) is 33.9 Å². The minimum Gasteiger partial charge on any atom is -0.393 e. The summed E-state index contributed by atoms with van der Waals surface area (Å²) >= 11 is 0. The van der Waals surface area contributed by atoms with Gasteiger partial charge in [0.25, 0.3) is 0 Å². The Morgan fingerprint density at radius 1 is 1.30 bits per heavy atom. The van der Waals surface area contributed by atoms with Crippen molar-refractivity contribution in [2.24, 2.45) is 0 Å². The Balaban J connectivity index is 1.84. The molecule has 0 saturated heterocycles. The van der Waals surface area contributed by atoms with Gasteiger partial charge in [-0.2, -0.15) is 4.98 Å². The average Bonchev–Trinajstić information content (AvgIpc) is 2.95. The first-order valence-electron chi connectivity index (χ1n) is 7.58. The molecule has 0 radical (unpaired) electrons. The lowest BCUT2D eigenvalue weighted by Crippen LogP contribution is -2.38. The van der Waals surface area contributed by atoms with Gasteiger partial charge in [-0.3, -0.25) is 0 Å². The summed E-state index contributed by atoms with van der Waals surface area (Å²) < 4.78 is 4.84. The quantitative estimate of drug-likeness (QED) is 0.722. The van der Waals surface area contributed by atoms with Crippen molar-refractivity contribution in [3.8, 4) is 0 Å². The third-order valence-electron chi connectivity index (χ3n) is 3.38. The van der Waals surface area contributed by atoms with Crippen molar-refractivity contribution < 1.29 is 14.4 Å². The summed E-state index contributed by atoms with van der Waals surface area (Å²) in [6, 6.07) is 9.52. The molecule has 2 atom stereocenters. The fourth-order valence-electron chi connectivity index (χ4n) is 2.33. The number of carbonyl (C=O) groups is 1. The van der Waals surface area contributed by atoms with Gasteiger partial charge in [0, 0.05) is 19.4 Å². The molecule has 0 saturated carbocycles. The zero-order chi connectivity index (χ0) is 16.7. The van der Waals surface area contributed by atoms with Crippen molar-refractivity contribution >= 4 is 6.03 Å². The smallest absolute Gasteiger partial charge is 0.315 e. The number of hydrogen-bond donors (Lipinski definition) is 3. The number of nitrogens with zero attached hydrogens (tertiary/aromatic N) is 2. The topological polar surface area (TPSA) is 100 Å². The number of amides is 2. The summed E-state index contributed by atoms with van der Waals surface area (Å²) in [4.78, 5) is 15.9. The second kappa shape index (κ2) is 8.28. The summed E-state index contributed by atoms with van der Waals surface area (Å²) in [7, 11) is 0. The van der Waals surface area contributed by atoms with Crippen LogP contribution < -0.4 is 10.6 Å². The van der Waals surface area contributed by atoms with Crippen LogP contribution in [0.5, 0.6) is 0 Å². The Hall–Kier alpha value is -2.41. The van der Waals surface area contributed by atoms with Crippen LogP contribution in [0, 0.1) is 6.92 Å². The maximum Gasteiger partial charge on any atom is 0.315 e. The van der Waals surface area contributed by atoms with Crippen LogP contribution >= 0.6 is 0 Å². The molecular formula is C16H22N4O3. The molecule has 3 N–H and O–H groups in total. The number of aliphatic hydroxyl groups excluding tert-OH is 1. The molecule has 0 aliphatic heterocycles. The van der Waals surface area contributed by atoms with Gasteiger partial charge in [-0.25, -0.2) is 4.79 Å². The fourth-order valence-corrected chi connectivity index (χ4v) is 2.33. The van der Waals surface area contributed by atoms with Crippen LogP contribution in [0.15, 0.2) is 34.9 Å². The van der Waals surface area contributed by atoms with E-state index in [9.17, 15) is 9.90 Å². The number of nitrogens with one attached hydrogen (secondary N) is 2. The van der Waals surface area contributed by atoms with Gasteiger partial charge in [0.2, 0.25) is 5.89 Å². The summed E-state index contributed by atoms with van der Waals surface area (Å²) in [5.41, 5.74) is 1.09. The van der Waals surface area contributed by atoms with E-state index in [0.29, 0.717) is 24.7 Å². The molecule has 23 heavy (non-hydrogen) atoms. The Morgan fingerprint density at radius 2 is 2.04 bits per heavy atom. The standard InChI is InChI=1S/C16H22N4O3/c1-11(21)8-14(13-6-4-3-5-7-13)9-17-16(22)18-10-15-19-12(2)23-20-15/h3-7,11,14,21H,8-10H2,1-2H3,(H2,17,18,22). The van der Waals surface area contributed by atoms with Gasteiger partial charge >= 0.3 is 6.03 Å². The van der Waals surface area contributed by atoms with Gasteiger partial charge in [-0.15, -0.1) is 0 Å². The highest BCUT2D eigenvalue weighted by Crippen LogP contribution is 2.20. The summed E-state index contributed by atoms with van der Waals surface area (Å²) in [5, 5.41) is 18.8. The number of urea groups is 1. The average molecular weight is 318 g/mol. The zero-order valence-corrected chi connectivity index (χ0v) is 13.3. The Morgan fingerprint density at radius 3 is 2.65 bits per heavy atom. The summed E-state index contributed by atoms with van der Waals surface area (Å²) in [5.74, 6) is 0.943. The van der Waals surface area contributed by atoms with Crippen molar-refractivity contribution in [3.05, 3.63) is 47.6 Å². The van der Waals surface area contributed by atoms with E-state index in [1.807, 2.05) is 30.3 Å². The third-order valence-corrected chi connectivity index (χ3v) is 3.38. The molecule has 124 valence electrons. The minimum absolute atomic E-state index is 0.0503. The zero-order valence-electron chi connectivity index (χ0n) is 13.3. The van der Waals surface area contributed by atoms with Crippen LogP contribution in [0.25, 0.3) is 0 Å². The number of benzene rings is 1. The van der Waals surface area contributed by atoms with Gasteiger partial charge in [0.15, 0.2) is 5.82 Å². The van der Waals surface area contributed by atoms with Crippen molar-refractivity contribution in [2.45, 2.75) is 38.8 Å². The molecule has 2 aromatic rings. The Labute approximate surface area is 135 Å². The lowest BCUT2D eigenvalue weighted by atomic mass is 9.93. The molecule has 1 heterocycles. The predicted molar refractivity (Wildman–Crippen MR) is 84.8 cm³/mol. The van der Waals surface area contributed by atoms with E-state index in [1.165, 1.54) is 0 Å². The highest BCUT2D eigenvalue weighted by atomic mass is 16.5. The molecule has 2 unspecified atom stereocenters. The van der Waals surface area contributed by atoms with Crippen LogP contribution in [0.2, 0.25) is 0 Å². The first kappa shape index (κ1) is 17.0. The normalized spacial score (nSPS) is 13.3. The van der Waals surface area contributed by atoms with Crippen LogP contribution in [0.1, 0.15) is 36.5 Å². The molecule has 0 aliphatic rings. The fraction of sp³-hybridized carbons (Fsp3) is 0.438. The van der Waals surface area contributed by atoms with E-state index >= 15 is 0 Å². The van der Waals surface area contributed by atoms with Crippen molar-refractivity contribution in [1.29, 1.82) is 0 Å². The lowest BCUT2D eigenvalue weighted by Gasteiger charge is -2.19. The van der Waals surface area contributed by atoms with E-state index in [2.05, 4.69) is 20.8 Å². The van der Waals surface area contributed by atoms with E-state index in [0.717, 1.165) is 5.56 Å². The number of aryl methyl sites for hydroxylation is 1. The maximum atomic E-state index is 11.9. The highest BCUT2D eigenvalue weighted by molar-refractivity contribution is 5.73. The molecule has 1 aromatic heterocycles. The third kappa shape index (κ3) is 5.71. The van der Waals surface area contributed by atoms with E-state index in [1.54, 1.807) is 13.8 Å². The Bertz CT molecular complexity index is 613. The number of rotatable bonds is 7. The molecule has 2 amide bonds. The highest BCUT2D eigenvalue weighted by Gasteiger charge is 2.15. The summed E-state index contributed by atoms with van der Waals surface area (Å²) in [6.07, 6.45) is 0.140. The number of hydrogen-bond acceptors (Lipinski definition) is 5. The molecule has 7 nitrogen and oxygen atoms in total. The van der Waals surface area contributed by atoms with Crippen molar-refractivity contribution in [2.75, 3.05) is 6.54 Å².